The molecule has 10 heteroatoms. The fourth-order valence-corrected chi connectivity index (χ4v) is 4.46. The van der Waals surface area contributed by atoms with E-state index in [9.17, 15) is 18.0 Å². The molecule has 148 valence electrons. The normalized spacial score (nSPS) is 11.9. The second-order valence-corrected chi connectivity index (χ2v) is 9.63. The summed E-state index contributed by atoms with van der Waals surface area (Å²) in [4.78, 5) is 29.2. The maximum atomic E-state index is 12.5. The summed E-state index contributed by atoms with van der Waals surface area (Å²) in [6.07, 6.45) is 1.34. The summed E-state index contributed by atoms with van der Waals surface area (Å²) in [6, 6.07) is 4.74. The molecule has 2 heterocycles. The molecular weight excluding hydrogens is 400 g/mol. The zero-order valence-corrected chi connectivity index (χ0v) is 17.5. The van der Waals surface area contributed by atoms with Gasteiger partial charge in [0.2, 0.25) is 15.9 Å². The van der Waals surface area contributed by atoms with Crippen molar-refractivity contribution in [2.75, 3.05) is 19.4 Å². The van der Waals surface area contributed by atoms with Gasteiger partial charge >= 0.3 is 0 Å². The Hall–Kier alpha value is -2.56. The van der Waals surface area contributed by atoms with E-state index in [1.807, 2.05) is 0 Å². The van der Waals surface area contributed by atoms with E-state index in [0.29, 0.717) is 15.9 Å². The molecule has 0 unspecified atom stereocenters. The number of amides is 1. The average Bonchev–Trinajstić information content (AvgIpc) is 3.10. The number of nitrogens with one attached hydrogen (secondary N) is 1. The van der Waals surface area contributed by atoms with E-state index in [1.54, 1.807) is 31.4 Å². The van der Waals surface area contributed by atoms with E-state index in [1.165, 1.54) is 42.4 Å². The van der Waals surface area contributed by atoms with Crippen LogP contribution in [0.2, 0.25) is 0 Å². The minimum atomic E-state index is -3.64. The van der Waals surface area contributed by atoms with Gasteiger partial charge in [0.15, 0.2) is 0 Å². The number of benzene rings is 1. The molecule has 1 N–H and O–H groups in total. The van der Waals surface area contributed by atoms with Crippen LogP contribution in [0.15, 0.2) is 39.6 Å². The Kier molecular flexibility index (Phi) is 5.37. The summed E-state index contributed by atoms with van der Waals surface area (Å²) in [5, 5.41) is 4.48. The van der Waals surface area contributed by atoms with Gasteiger partial charge in [-0.15, -0.1) is 11.3 Å². The second kappa shape index (κ2) is 7.46. The highest BCUT2D eigenvalue weighted by Gasteiger charge is 2.20. The lowest BCUT2D eigenvalue weighted by molar-refractivity contribution is -0.116. The van der Waals surface area contributed by atoms with Gasteiger partial charge in [0.05, 0.1) is 16.7 Å². The Bertz CT molecular complexity index is 1230. The van der Waals surface area contributed by atoms with Gasteiger partial charge in [-0.05, 0) is 48.6 Å². The lowest BCUT2D eigenvalue weighted by atomic mass is 10.1. The van der Waals surface area contributed by atoms with E-state index >= 15 is 0 Å². The Morgan fingerprint density at radius 2 is 2.00 bits per heavy atom. The third kappa shape index (κ3) is 3.71. The van der Waals surface area contributed by atoms with Crippen LogP contribution in [-0.4, -0.2) is 42.3 Å². The number of aromatic nitrogens is 2. The summed E-state index contributed by atoms with van der Waals surface area (Å²) in [7, 11) is -0.745. The molecule has 0 spiro atoms. The minimum absolute atomic E-state index is 0.0924. The Balaban J connectivity index is 1.90. The van der Waals surface area contributed by atoms with Gasteiger partial charge in [-0.25, -0.2) is 17.7 Å². The molecule has 0 fully saturated rings. The number of carbonyl (C=O) groups is 1. The van der Waals surface area contributed by atoms with Crippen molar-refractivity contribution in [3.63, 3.8) is 0 Å². The number of fused-ring (bicyclic) bond motifs is 1. The number of hydrogen-bond acceptors (Lipinski definition) is 6. The van der Waals surface area contributed by atoms with Gasteiger partial charge in [0.1, 0.15) is 11.2 Å². The van der Waals surface area contributed by atoms with E-state index in [4.69, 9.17) is 0 Å². The molecule has 0 aliphatic rings. The smallest absolute Gasteiger partial charge is 0.271 e. The minimum Gasteiger partial charge on any atom is -0.324 e. The highest BCUT2D eigenvalue weighted by molar-refractivity contribution is 7.89. The highest BCUT2D eigenvalue weighted by Crippen LogP contribution is 2.25. The lowest BCUT2D eigenvalue weighted by Gasteiger charge is -2.16. The average molecular weight is 421 g/mol. The molecule has 28 heavy (non-hydrogen) atoms. The monoisotopic (exact) mass is 420 g/mol. The zero-order valence-electron chi connectivity index (χ0n) is 15.9. The van der Waals surface area contributed by atoms with Gasteiger partial charge in [-0.3, -0.25) is 14.2 Å². The van der Waals surface area contributed by atoms with Crippen LogP contribution >= 0.6 is 11.3 Å². The zero-order chi connectivity index (χ0) is 20.6. The van der Waals surface area contributed by atoms with Crippen molar-refractivity contribution in [1.29, 1.82) is 0 Å². The molecule has 3 aromatic rings. The number of rotatable bonds is 5. The molecule has 0 radical (unpaired) electrons. The number of sulfonamides is 1. The molecule has 0 aliphatic heterocycles. The van der Waals surface area contributed by atoms with Crippen molar-refractivity contribution in [1.82, 2.24) is 13.9 Å². The van der Waals surface area contributed by atoms with Crippen LogP contribution < -0.4 is 10.9 Å². The van der Waals surface area contributed by atoms with Crippen molar-refractivity contribution in [3.05, 3.63) is 51.4 Å². The number of anilines is 1. The second-order valence-electron chi connectivity index (χ2n) is 6.56. The van der Waals surface area contributed by atoms with E-state index in [0.717, 1.165) is 15.4 Å². The van der Waals surface area contributed by atoms with E-state index < -0.39 is 15.9 Å². The third-order valence-corrected chi connectivity index (χ3v) is 7.13. The topological polar surface area (TPSA) is 101 Å². The molecule has 0 saturated heterocycles. The maximum absolute atomic E-state index is 12.5. The first kappa shape index (κ1) is 20.2. The Labute approximate surface area is 166 Å². The van der Waals surface area contributed by atoms with Crippen LogP contribution in [0.5, 0.6) is 0 Å². The first-order chi connectivity index (χ1) is 13.1. The molecule has 0 bridgehead atoms. The van der Waals surface area contributed by atoms with Gasteiger partial charge in [0, 0.05) is 19.8 Å². The molecular formula is C18H20N4O4S2. The molecule has 3 rings (SSSR count). The summed E-state index contributed by atoms with van der Waals surface area (Å²) >= 11 is 1.27. The maximum Gasteiger partial charge on any atom is 0.271 e. The fourth-order valence-electron chi connectivity index (χ4n) is 2.65. The predicted molar refractivity (Wildman–Crippen MR) is 109 cm³/mol. The summed E-state index contributed by atoms with van der Waals surface area (Å²) < 4.78 is 27.7. The van der Waals surface area contributed by atoms with Crippen LogP contribution in [0.25, 0.3) is 10.2 Å². The van der Waals surface area contributed by atoms with Crippen LogP contribution in [0.3, 0.4) is 0 Å². The van der Waals surface area contributed by atoms with Gasteiger partial charge in [-0.1, -0.05) is 0 Å². The third-order valence-electron chi connectivity index (χ3n) is 4.44. The molecule has 0 saturated carbocycles. The Morgan fingerprint density at radius 1 is 1.29 bits per heavy atom. The number of aryl methyl sites for hydroxylation is 1. The van der Waals surface area contributed by atoms with E-state index in [2.05, 4.69) is 10.3 Å². The Morgan fingerprint density at radius 3 is 2.68 bits per heavy atom. The first-order valence-electron chi connectivity index (χ1n) is 8.37. The lowest BCUT2D eigenvalue weighted by Crippen LogP contribution is -2.28. The molecule has 2 aromatic heterocycles. The van der Waals surface area contributed by atoms with E-state index in [-0.39, 0.29) is 17.0 Å². The molecule has 0 aliphatic carbocycles. The molecule has 0 atom stereocenters. The van der Waals surface area contributed by atoms with Gasteiger partial charge in [-0.2, -0.15) is 0 Å². The largest absolute Gasteiger partial charge is 0.324 e. The number of carbonyl (C=O) groups excluding carboxylic acids is 1. The van der Waals surface area contributed by atoms with Crippen molar-refractivity contribution >= 4 is 43.2 Å². The van der Waals surface area contributed by atoms with Gasteiger partial charge < -0.3 is 5.32 Å². The summed E-state index contributed by atoms with van der Waals surface area (Å²) in [5.74, 6) is -0.443. The van der Waals surface area contributed by atoms with Crippen molar-refractivity contribution in [2.24, 2.45) is 0 Å². The van der Waals surface area contributed by atoms with Crippen molar-refractivity contribution in [3.8, 4) is 0 Å². The van der Waals surface area contributed by atoms with Crippen molar-refractivity contribution in [2.45, 2.75) is 25.3 Å². The number of hydrogen-bond donors (Lipinski definition) is 1. The SMILES string of the molecule is Cc1cc(S(=O)(=O)N(C)C)cc(NC(=O)Cn2cnc3ccsc3c2=O)c1C. The number of thiophene rings is 1. The fraction of sp³-hybridized carbons (Fsp3) is 0.278. The number of nitrogens with zero attached hydrogens (tertiary/aromatic N) is 3. The summed E-state index contributed by atoms with van der Waals surface area (Å²) in [5.41, 5.74) is 2.19. The van der Waals surface area contributed by atoms with Crippen LogP contribution in [0.4, 0.5) is 5.69 Å². The van der Waals surface area contributed by atoms with Crippen LogP contribution in [0, 0.1) is 13.8 Å². The molecule has 1 aromatic carbocycles. The highest BCUT2D eigenvalue weighted by atomic mass is 32.2. The van der Waals surface area contributed by atoms with Gasteiger partial charge in [0.25, 0.3) is 5.56 Å². The predicted octanol–water partition coefficient (Wildman–Crippen LogP) is 1.96. The standard InChI is InChI=1S/C18H20N4O4S2/c1-11-7-13(28(25,26)21(3)4)8-15(12(11)2)20-16(23)9-22-10-19-14-5-6-27-17(14)18(22)24/h5-8,10H,9H2,1-4H3,(H,20,23). The van der Waals surface area contributed by atoms with Crippen LogP contribution in [0.1, 0.15) is 11.1 Å². The molecule has 8 nitrogen and oxygen atoms in total. The van der Waals surface area contributed by atoms with Crippen LogP contribution in [-0.2, 0) is 21.4 Å². The first-order valence-corrected chi connectivity index (χ1v) is 10.7. The quantitative estimate of drug-likeness (QED) is 0.680. The molecule has 1 amide bonds. The van der Waals surface area contributed by atoms with Crippen molar-refractivity contribution < 1.29 is 13.2 Å². The summed E-state index contributed by atoms with van der Waals surface area (Å²) in [6.45, 7) is 3.35.